The predicted molar refractivity (Wildman–Crippen MR) is 215 cm³/mol. The fourth-order valence-electron chi connectivity index (χ4n) is 9.55. The highest BCUT2D eigenvalue weighted by Gasteiger charge is 2.49. The Bertz CT molecular complexity index is 1880. The number of allylic oxidation sites excluding steroid dienone is 1. The van der Waals surface area contributed by atoms with Crippen LogP contribution in [-0.4, -0.2) is 108 Å². The van der Waals surface area contributed by atoms with Crippen molar-refractivity contribution >= 4 is 39.5 Å². The van der Waals surface area contributed by atoms with Crippen molar-refractivity contribution in [1.82, 2.24) is 14.9 Å². The molecule has 8 atom stereocenters. The molecule has 13 heteroatoms. The van der Waals surface area contributed by atoms with Crippen LogP contribution in [0.4, 0.5) is 5.69 Å². The quantitative estimate of drug-likeness (QED) is 0.312. The minimum absolute atomic E-state index is 0.0434. The number of methoxy groups -OCH3 is 1. The van der Waals surface area contributed by atoms with Gasteiger partial charge in [0.2, 0.25) is 10.0 Å². The fourth-order valence-corrected chi connectivity index (χ4v) is 11.0. The topological polar surface area (TPSA) is 127 Å². The highest BCUT2D eigenvalue weighted by Crippen LogP contribution is 2.48. The number of piperazine rings is 1. The number of carbonyl (C=O) groups excluding carboxylic acids is 2. The van der Waals surface area contributed by atoms with Crippen LogP contribution in [0, 0.1) is 17.8 Å². The fraction of sp³-hybridized carbons (Fsp3) is 0.619. The van der Waals surface area contributed by atoms with Crippen molar-refractivity contribution in [2.45, 2.75) is 87.7 Å². The van der Waals surface area contributed by atoms with Gasteiger partial charge in [-0.1, -0.05) is 30.7 Å². The number of amides is 1. The number of aldehydes is 1. The van der Waals surface area contributed by atoms with Gasteiger partial charge in [0.25, 0.3) is 5.91 Å². The van der Waals surface area contributed by atoms with E-state index in [1.807, 2.05) is 25.1 Å². The first-order valence-corrected chi connectivity index (χ1v) is 21.9. The summed E-state index contributed by atoms with van der Waals surface area (Å²) >= 11 is 6.40. The van der Waals surface area contributed by atoms with Gasteiger partial charge < -0.3 is 24.4 Å². The average molecular weight is 797 g/mol. The molecule has 1 amide bonds. The molecule has 2 N–H and O–H groups in total. The lowest BCUT2D eigenvalue weighted by atomic mass is 9.64. The first-order valence-electron chi connectivity index (χ1n) is 20.0. The first-order chi connectivity index (χ1) is 26.4. The molecule has 0 unspecified atom stereocenters. The third-order valence-corrected chi connectivity index (χ3v) is 15.4. The second kappa shape index (κ2) is 16.5. The molecule has 8 rings (SSSR count). The van der Waals surface area contributed by atoms with E-state index in [4.69, 9.17) is 25.8 Å². The summed E-state index contributed by atoms with van der Waals surface area (Å²) in [6.45, 7) is 12.8. The van der Waals surface area contributed by atoms with Gasteiger partial charge in [-0.15, -0.1) is 0 Å². The van der Waals surface area contributed by atoms with Crippen molar-refractivity contribution in [3.63, 3.8) is 0 Å². The number of fused-ring (bicyclic) bond motifs is 5. The smallest absolute Gasteiger partial charge is 0.264 e. The number of nitrogens with one attached hydrogen (secondary N) is 2. The van der Waals surface area contributed by atoms with Crippen LogP contribution in [0.5, 0.6) is 5.75 Å². The summed E-state index contributed by atoms with van der Waals surface area (Å²) in [7, 11) is -2.41. The molecular weight excluding hydrogens is 740 g/mol. The number of halogens is 1. The number of rotatable bonds is 2. The van der Waals surface area contributed by atoms with E-state index in [1.54, 1.807) is 32.2 Å². The molecule has 4 aliphatic heterocycles. The molecule has 0 radical (unpaired) electrons. The van der Waals surface area contributed by atoms with Crippen LogP contribution in [0.25, 0.3) is 0 Å². The van der Waals surface area contributed by atoms with Crippen molar-refractivity contribution < 1.29 is 32.2 Å². The maximum atomic E-state index is 13.4. The summed E-state index contributed by atoms with van der Waals surface area (Å²) in [6.07, 6.45) is 10.1. The predicted octanol–water partition coefficient (Wildman–Crippen LogP) is 5.15. The third-order valence-electron chi connectivity index (χ3n) is 13.2. The van der Waals surface area contributed by atoms with E-state index in [1.165, 1.54) is 17.7 Å². The highest BCUT2D eigenvalue weighted by molar-refractivity contribution is 7.90. The summed E-state index contributed by atoms with van der Waals surface area (Å²) < 4.78 is 46.9. The molecule has 55 heavy (non-hydrogen) atoms. The van der Waals surface area contributed by atoms with Crippen molar-refractivity contribution in [3.05, 3.63) is 70.3 Å². The van der Waals surface area contributed by atoms with Crippen LogP contribution < -0.4 is 19.7 Å². The summed E-state index contributed by atoms with van der Waals surface area (Å²) in [5.74, 6) is -0.203. The molecule has 2 aromatic carbocycles. The molecule has 2 bridgehead atoms. The summed E-state index contributed by atoms with van der Waals surface area (Å²) in [5, 5.41) is 3.25. The SMILES string of the molecule is CO[C@]1(C=O)/C=C/C[C@H](C)[C@@H](C)S(=O)(=O)NC(=O)c2ccc3c(c2)N(C[C@@H]2CC[C@H]21)C[C@@]1(CCCc2cc(Cl)ccc21)CO3.C[C@H]1CN2CCNC[C@H]2CO1. The van der Waals surface area contributed by atoms with Crippen LogP contribution in [0.2, 0.25) is 5.02 Å². The third kappa shape index (κ3) is 8.23. The lowest BCUT2D eigenvalue weighted by molar-refractivity contribution is -0.135. The Labute approximate surface area is 331 Å². The second-order valence-corrected chi connectivity index (χ2v) is 19.2. The van der Waals surface area contributed by atoms with E-state index < -0.39 is 26.8 Å². The lowest BCUT2D eigenvalue weighted by Crippen LogP contribution is -2.58. The molecule has 2 aliphatic carbocycles. The maximum Gasteiger partial charge on any atom is 0.264 e. The van der Waals surface area contributed by atoms with Crippen LogP contribution >= 0.6 is 11.6 Å². The average Bonchev–Trinajstić information content (AvgIpc) is 3.31. The molecular formula is C42H57ClN4O7S. The Morgan fingerprint density at radius 2 is 1.93 bits per heavy atom. The molecule has 2 saturated heterocycles. The number of aryl methyl sites for hydroxylation is 1. The second-order valence-electron chi connectivity index (χ2n) is 16.7. The van der Waals surface area contributed by atoms with Crippen LogP contribution in [0.3, 0.4) is 0 Å². The number of ether oxygens (including phenoxy) is 3. The Morgan fingerprint density at radius 3 is 2.69 bits per heavy atom. The summed E-state index contributed by atoms with van der Waals surface area (Å²) in [4.78, 5) is 30.9. The lowest BCUT2D eigenvalue weighted by Gasteiger charge is -2.48. The highest BCUT2D eigenvalue weighted by atomic mass is 35.5. The molecule has 0 aromatic heterocycles. The maximum absolute atomic E-state index is 13.4. The number of benzene rings is 2. The van der Waals surface area contributed by atoms with E-state index in [2.05, 4.69) is 38.9 Å². The van der Waals surface area contributed by atoms with E-state index in [-0.39, 0.29) is 28.7 Å². The van der Waals surface area contributed by atoms with Gasteiger partial charge in [0, 0.05) is 74.3 Å². The monoisotopic (exact) mass is 796 g/mol. The zero-order valence-electron chi connectivity index (χ0n) is 32.6. The van der Waals surface area contributed by atoms with Crippen molar-refractivity contribution in [2.24, 2.45) is 17.8 Å². The molecule has 3 fully saturated rings. The van der Waals surface area contributed by atoms with Crippen LogP contribution in [-0.2, 0) is 36.1 Å². The van der Waals surface area contributed by atoms with Crippen LogP contribution in [0.1, 0.15) is 74.4 Å². The van der Waals surface area contributed by atoms with Gasteiger partial charge in [0.05, 0.1) is 30.3 Å². The van der Waals surface area contributed by atoms with Crippen molar-refractivity contribution in [2.75, 3.05) is 64.5 Å². The minimum Gasteiger partial charge on any atom is -0.490 e. The summed E-state index contributed by atoms with van der Waals surface area (Å²) in [5.41, 5.74) is 2.05. The standard InChI is InChI=1S/C34H41ClN2O6S.C8H16N2O/c1-22-6-4-15-34(20-38,42-3)29-11-8-26(29)18-37-19-33(14-5-7-24-16-27(35)10-12-28(24)33)21-43-31-13-9-25(17-30(31)37)32(39)36-44(40,41)23(22)2;1-7-5-10-3-2-9-4-8(10)6-11-7/h4,9-10,12-13,15-17,20,22-23,26,29H,5-8,11,14,18-19,21H2,1-3H3,(H,36,39);7-9H,2-6H2,1H3/b15-4+;/t22-,23+,26-,29+,33-,34-;7-,8-/m00/s1. The molecule has 300 valence electrons. The van der Waals surface area contributed by atoms with E-state index in [0.29, 0.717) is 49.0 Å². The first kappa shape index (κ1) is 40.2. The van der Waals surface area contributed by atoms with Crippen molar-refractivity contribution in [3.8, 4) is 5.75 Å². The number of nitrogens with zero attached hydrogens (tertiary/aromatic N) is 2. The number of hydrogen-bond acceptors (Lipinski definition) is 10. The number of hydrogen-bond donors (Lipinski definition) is 2. The number of sulfonamides is 1. The van der Waals surface area contributed by atoms with Gasteiger partial charge in [-0.3, -0.25) is 14.5 Å². The van der Waals surface area contributed by atoms with E-state index in [0.717, 1.165) is 70.3 Å². The molecule has 4 heterocycles. The number of morpholine rings is 1. The minimum atomic E-state index is -3.97. The van der Waals surface area contributed by atoms with Gasteiger partial charge in [0.15, 0.2) is 6.29 Å². The molecule has 1 spiro atoms. The summed E-state index contributed by atoms with van der Waals surface area (Å²) in [6, 6.07) is 11.9. The van der Waals surface area contributed by atoms with Gasteiger partial charge in [-0.25, -0.2) is 13.1 Å². The van der Waals surface area contributed by atoms with Crippen molar-refractivity contribution in [1.29, 1.82) is 0 Å². The Balaban J connectivity index is 0.000000360. The molecule has 1 saturated carbocycles. The Hall–Kier alpha value is -3.00. The van der Waals surface area contributed by atoms with Gasteiger partial charge >= 0.3 is 0 Å². The van der Waals surface area contributed by atoms with Gasteiger partial charge in [0.1, 0.15) is 11.4 Å². The number of anilines is 1. The normalized spacial score (nSPS) is 35.1. The Morgan fingerprint density at radius 1 is 1.09 bits per heavy atom. The number of carbonyl (C=O) groups is 2. The molecule has 11 nitrogen and oxygen atoms in total. The van der Waals surface area contributed by atoms with Gasteiger partial charge in [-0.05, 0) is 112 Å². The van der Waals surface area contributed by atoms with Crippen LogP contribution in [0.15, 0.2) is 48.6 Å². The molecule has 6 aliphatic rings. The largest absolute Gasteiger partial charge is 0.490 e. The van der Waals surface area contributed by atoms with E-state index >= 15 is 0 Å². The molecule has 2 aromatic rings. The van der Waals surface area contributed by atoms with Gasteiger partial charge in [-0.2, -0.15) is 0 Å². The zero-order chi connectivity index (χ0) is 39.0. The Kier molecular flexibility index (Phi) is 12.0. The van der Waals surface area contributed by atoms with E-state index in [9.17, 15) is 18.0 Å². The zero-order valence-corrected chi connectivity index (χ0v) is 34.2.